The summed E-state index contributed by atoms with van der Waals surface area (Å²) in [6, 6.07) is 7.50. The molecule has 0 spiro atoms. The molecule has 96 valence electrons. The molecule has 0 aliphatic carbocycles. The molecular weight excluding hydrogens is 316 g/mol. The van der Waals surface area contributed by atoms with Gasteiger partial charge in [0.15, 0.2) is 12.0 Å². The minimum Gasteiger partial charge on any atom is -0.438 e. The predicted octanol–water partition coefficient (Wildman–Crippen LogP) is 3.36. The Morgan fingerprint density at radius 2 is 2.11 bits per heavy atom. The molecule has 0 amide bonds. The van der Waals surface area contributed by atoms with Gasteiger partial charge in [0.1, 0.15) is 4.47 Å². The predicted molar refractivity (Wildman–Crippen MR) is 70.5 cm³/mol. The van der Waals surface area contributed by atoms with Gasteiger partial charge in [0, 0.05) is 23.9 Å². The molecule has 1 aromatic heterocycles. The number of carbonyl (C=O) groups excluding carboxylic acids is 1. The van der Waals surface area contributed by atoms with E-state index in [1.807, 2.05) is 0 Å². The minimum absolute atomic E-state index is 0.0954. The first-order chi connectivity index (χ1) is 9.11. The maximum absolute atomic E-state index is 10.8. The number of nitro groups is 1. The highest BCUT2D eigenvalue weighted by Crippen LogP contribution is 2.35. The largest absolute Gasteiger partial charge is 0.438 e. The van der Waals surface area contributed by atoms with Crippen LogP contribution in [0.1, 0.15) is 10.4 Å². The Hall–Kier alpha value is -2.28. The van der Waals surface area contributed by atoms with Gasteiger partial charge >= 0.3 is 0 Å². The Morgan fingerprint density at radius 1 is 1.32 bits per heavy atom. The number of aldehydes is 1. The molecule has 0 aliphatic rings. The van der Waals surface area contributed by atoms with E-state index in [0.717, 1.165) is 0 Å². The van der Waals surface area contributed by atoms with Crippen molar-refractivity contribution in [3.05, 3.63) is 56.7 Å². The molecule has 2 aromatic rings. The van der Waals surface area contributed by atoms with Gasteiger partial charge in [0.2, 0.25) is 5.88 Å². The van der Waals surface area contributed by atoms with E-state index in [4.69, 9.17) is 4.74 Å². The topological polar surface area (TPSA) is 82.3 Å². The van der Waals surface area contributed by atoms with Gasteiger partial charge in [-0.1, -0.05) is 6.07 Å². The molecule has 0 saturated carbocycles. The molecule has 7 heteroatoms. The van der Waals surface area contributed by atoms with Gasteiger partial charge in [-0.25, -0.2) is 4.98 Å². The van der Waals surface area contributed by atoms with Crippen LogP contribution in [0.3, 0.4) is 0 Å². The lowest BCUT2D eigenvalue weighted by Crippen LogP contribution is -1.93. The first kappa shape index (κ1) is 13.2. The Morgan fingerprint density at radius 3 is 2.68 bits per heavy atom. The van der Waals surface area contributed by atoms with Crippen LogP contribution in [-0.2, 0) is 0 Å². The number of aromatic nitrogens is 1. The Labute approximate surface area is 116 Å². The molecule has 0 fully saturated rings. The zero-order valence-electron chi connectivity index (χ0n) is 9.45. The van der Waals surface area contributed by atoms with Gasteiger partial charge in [-0.3, -0.25) is 14.9 Å². The zero-order chi connectivity index (χ0) is 13.8. The number of hydrogen-bond donors (Lipinski definition) is 0. The Kier molecular flexibility index (Phi) is 3.86. The average Bonchev–Trinajstić information content (AvgIpc) is 2.41. The summed E-state index contributed by atoms with van der Waals surface area (Å²) in [6.07, 6.45) is 2.02. The molecular formula is C12H7BrN2O4. The van der Waals surface area contributed by atoms with Crippen LogP contribution in [0, 0.1) is 10.1 Å². The third kappa shape index (κ3) is 2.94. The third-order valence-electron chi connectivity index (χ3n) is 2.25. The quantitative estimate of drug-likeness (QED) is 0.489. The first-order valence-electron chi connectivity index (χ1n) is 5.14. The number of benzene rings is 1. The fourth-order valence-corrected chi connectivity index (χ4v) is 1.84. The molecule has 1 heterocycles. The summed E-state index contributed by atoms with van der Waals surface area (Å²) in [5.41, 5.74) is 0.326. The van der Waals surface area contributed by atoms with Crippen molar-refractivity contribution >= 4 is 27.9 Å². The van der Waals surface area contributed by atoms with Crippen molar-refractivity contribution in [2.75, 3.05) is 0 Å². The van der Waals surface area contributed by atoms with Gasteiger partial charge in [-0.05, 0) is 28.1 Å². The number of rotatable bonds is 4. The van der Waals surface area contributed by atoms with Gasteiger partial charge in [0.25, 0.3) is 5.69 Å². The van der Waals surface area contributed by atoms with E-state index >= 15 is 0 Å². The highest BCUT2D eigenvalue weighted by molar-refractivity contribution is 9.10. The van der Waals surface area contributed by atoms with Gasteiger partial charge in [-0.2, -0.15) is 0 Å². The lowest BCUT2D eigenvalue weighted by molar-refractivity contribution is -0.385. The summed E-state index contributed by atoms with van der Waals surface area (Å²) in [4.78, 5) is 24.7. The minimum atomic E-state index is -0.514. The van der Waals surface area contributed by atoms with Crippen LogP contribution >= 0.6 is 15.9 Å². The van der Waals surface area contributed by atoms with E-state index in [1.54, 1.807) is 12.1 Å². The second kappa shape index (κ2) is 5.57. The fraction of sp³-hybridized carbons (Fsp3) is 0. The number of carbonyl (C=O) groups is 1. The van der Waals surface area contributed by atoms with Crippen molar-refractivity contribution in [2.45, 2.75) is 0 Å². The Bertz CT molecular complexity index is 628. The number of halogens is 1. The van der Waals surface area contributed by atoms with E-state index in [2.05, 4.69) is 20.9 Å². The van der Waals surface area contributed by atoms with E-state index in [0.29, 0.717) is 11.8 Å². The van der Waals surface area contributed by atoms with Crippen LogP contribution in [0.4, 0.5) is 5.69 Å². The van der Waals surface area contributed by atoms with E-state index in [-0.39, 0.29) is 21.8 Å². The number of nitrogens with zero attached hydrogens (tertiary/aromatic N) is 2. The van der Waals surface area contributed by atoms with Crippen molar-refractivity contribution in [2.24, 2.45) is 0 Å². The number of hydrogen-bond acceptors (Lipinski definition) is 5. The van der Waals surface area contributed by atoms with Crippen molar-refractivity contribution in [1.82, 2.24) is 4.98 Å². The third-order valence-corrected chi connectivity index (χ3v) is 3.05. The summed E-state index contributed by atoms with van der Waals surface area (Å²) in [5.74, 6) is 0.521. The molecule has 0 unspecified atom stereocenters. The van der Waals surface area contributed by atoms with Gasteiger partial charge in [-0.15, -0.1) is 0 Å². The summed E-state index contributed by atoms with van der Waals surface area (Å²) in [6.45, 7) is 0. The van der Waals surface area contributed by atoms with E-state index in [9.17, 15) is 14.9 Å². The maximum Gasteiger partial charge on any atom is 0.287 e. The number of pyridine rings is 1. The second-order valence-corrected chi connectivity index (χ2v) is 4.29. The van der Waals surface area contributed by atoms with Crippen LogP contribution < -0.4 is 4.74 Å². The van der Waals surface area contributed by atoms with Crippen LogP contribution in [0.2, 0.25) is 0 Å². The van der Waals surface area contributed by atoms with Crippen LogP contribution in [0.5, 0.6) is 11.6 Å². The molecule has 0 atom stereocenters. The van der Waals surface area contributed by atoms with Crippen molar-refractivity contribution < 1.29 is 14.5 Å². The van der Waals surface area contributed by atoms with Gasteiger partial charge < -0.3 is 4.74 Å². The van der Waals surface area contributed by atoms with Crippen molar-refractivity contribution in [3.8, 4) is 11.6 Å². The second-order valence-electron chi connectivity index (χ2n) is 3.50. The molecule has 1 aromatic carbocycles. The SMILES string of the molecule is O=Cc1ccc(Oc2cccc([N+](=O)[O-])c2Br)nc1. The first-order valence-corrected chi connectivity index (χ1v) is 5.93. The molecule has 0 bridgehead atoms. The average molecular weight is 323 g/mol. The standard InChI is InChI=1S/C12H7BrN2O4/c13-12-9(15(17)18)2-1-3-10(12)19-11-5-4-8(7-16)6-14-11/h1-7H. The molecule has 0 saturated heterocycles. The summed E-state index contributed by atoms with van der Waals surface area (Å²) in [5, 5.41) is 10.8. The van der Waals surface area contributed by atoms with Crippen LogP contribution in [-0.4, -0.2) is 16.2 Å². The maximum atomic E-state index is 10.8. The smallest absolute Gasteiger partial charge is 0.287 e. The number of nitro benzene ring substituents is 1. The van der Waals surface area contributed by atoms with Crippen LogP contribution in [0.15, 0.2) is 41.0 Å². The lowest BCUT2D eigenvalue weighted by atomic mass is 10.3. The molecule has 2 rings (SSSR count). The highest BCUT2D eigenvalue weighted by atomic mass is 79.9. The molecule has 0 N–H and O–H groups in total. The molecule has 0 aliphatic heterocycles. The fourth-order valence-electron chi connectivity index (χ4n) is 1.35. The lowest BCUT2D eigenvalue weighted by Gasteiger charge is -2.06. The van der Waals surface area contributed by atoms with Crippen molar-refractivity contribution in [1.29, 1.82) is 0 Å². The molecule has 19 heavy (non-hydrogen) atoms. The highest BCUT2D eigenvalue weighted by Gasteiger charge is 2.16. The number of ether oxygens (including phenoxy) is 1. The zero-order valence-corrected chi connectivity index (χ0v) is 11.0. The molecule has 6 nitrogen and oxygen atoms in total. The summed E-state index contributed by atoms with van der Waals surface area (Å²) in [7, 11) is 0. The van der Waals surface area contributed by atoms with Crippen LogP contribution in [0.25, 0.3) is 0 Å². The summed E-state index contributed by atoms with van der Waals surface area (Å²) < 4.78 is 5.66. The summed E-state index contributed by atoms with van der Waals surface area (Å²) >= 11 is 3.12. The monoisotopic (exact) mass is 322 g/mol. The Balaban J connectivity index is 2.30. The van der Waals surface area contributed by atoms with E-state index in [1.165, 1.54) is 24.4 Å². The normalized spacial score (nSPS) is 9.95. The van der Waals surface area contributed by atoms with E-state index < -0.39 is 4.92 Å². The van der Waals surface area contributed by atoms with Gasteiger partial charge in [0.05, 0.1) is 4.92 Å². The molecule has 0 radical (unpaired) electrons. The van der Waals surface area contributed by atoms with Crippen molar-refractivity contribution in [3.63, 3.8) is 0 Å².